The van der Waals surface area contributed by atoms with Gasteiger partial charge in [0.15, 0.2) is 0 Å². The van der Waals surface area contributed by atoms with Crippen LogP contribution in [0.25, 0.3) is 10.8 Å². The fourth-order valence-electron chi connectivity index (χ4n) is 2.31. The number of anilines is 1. The first-order chi connectivity index (χ1) is 9.87. The Hall–Kier alpha value is -1.68. The van der Waals surface area contributed by atoms with Crippen LogP contribution in [-0.4, -0.2) is 19.6 Å². The lowest BCUT2D eigenvalue weighted by molar-refractivity contribution is 0.269. The predicted molar refractivity (Wildman–Crippen MR) is 77.8 cm³/mol. The summed E-state index contributed by atoms with van der Waals surface area (Å²) in [7, 11) is -4.38. The number of hydrogen-bond acceptors (Lipinski definition) is 7. The summed E-state index contributed by atoms with van der Waals surface area (Å²) >= 11 is -1.08. The summed E-state index contributed by atoms with van der Waals surface area (Å²) in [4.78, 5) is 0. The molecule has 1 atom stereocenters. The lowest BCUT2D eigenvalue weighted by atomic mass is 10.1. The predicted octanol–water partition coefficient (Wildman–Crippen LogP) is 1.18. The third kappa shape index (κ3) is 3.70. The van der Waals surface area contributed by atoms with Crippen LogP contribution in [0.5, 0.6) is 0 Å². The van der Waals surface area contributed by atoms with Crippen LogP contribution in [0.1, 0.15) is 17.0 Å². The monoisotopic (exact) mass is 330 g/mol. The summed E-state index contributed by atoms with van der Waals surface area (Å²) in [6, 6.07) is 9.46. The first-order valence-corrected chi connectivity index (χ1v) is 7.85. The Kier molecular flexibility index (Phi) is 4.47. The van der Waals surface area contributed by atoms with Crippen molar-refractivity contribution >= 4 is 38.4 Å². The van der Waals surface area contributed by atoms with E-state index in [1.54, 1.807) is 0 Å². The average Bonchev–Trinajstić information content (AvgIpc) is 3.09. The van der Waals surface area contributed by atoms with Gasteiger partial charge in [0.2, 0.25) is 0 Å². The lowest BCUT2D eigenvalue weighted by Crippen LogP contribution is -2.05. The Morgan fingerprint density at radius 1 is 1.24 bits per heavy atom. The van der Waals surface area contributed by atoms with E-state index in [2.05, 4.69) is 4.18 Å². The summed E-state index contributed by atoms with van der Waals surface area (Å²) in [6.07, 6.45) is 0. The molecule has 0 radical (unpaired) electrons. The van der Waals surface area contributed by atoms with E-state index in [4.69, 9.17) is 18.7 Å². The molecule has 1 aliphatic rings. The van der Waals surface area contributed by atoms with E-state index in [1.807, 2.05) is 30.3 Å². The van der Waals surface area contributed by atoms with Crippen LogP contribution >= 0.6 is 0 Å². The Balaban J connectivity index is 0.000000497. The second kappa shape index (κ2) is 5.98. The molecule has 0 bridgehead atoms. The molecular formula is C12H12NO6S2-. The van der Waals surface area contributed by atoms with Crippen LogP contribution in [0.3, 0.4) is 0 Å². The van der Waals surface area contributed by atoms with Crippen molar-refractivity contribution in [2.45, 2.75) is 5.92 Å². The first kappa shape index (κ1) is 15.7. The average molecular weight is 330 g/mol. The summed E-state index contributed by atoms with van der Waals surface area (Å²) in [6.45, 7) is -0.0579. The Morgan fingerprint density at radius 3 is 2.52 bits per heavy atom. The summed E-state index contributed by atoms with van der Waals surface area (Å²) in [5, 5.41) is 2.06. The van der Waals surface area contributed by atoms with Crippen molar-refractivity contribution < 1.29 is 25.6 Å². The van der Waals surface area contributed by atoms with Gasteiger partial charge in [0.25, 0.3) is 0 Å². The van der Waals surface area contributed by atoms with Crippen molar-refractivity contribution in [1.29, 1.82) is 0 Å². The molecular weight excluding hydrogens is 318 g/mol. The van der Waals surface area contributed by atoms with Gasteiger partial charge >= 0.3 is 10.4 Å². The number of thiol groups is 1. The van der Waals surface area contributed by atoms with E-state index >= 15 is 0 Å². The molecule has 1 unspecified atom stereocenters. The number of nitrogens with two attached hydrogens (primary N) is 1. The maximum Gasteiger partial charge on any atom is 0.397 e. The molecule has 0 saturated carbocycles. The minimum atomic E-state index is -4.38. The van der Waals surface area contributed by atoms with Crippen molar-refractivity contribution in [2.75, 3.05) is 12.3 Å². The fraction of sp³-hybridized carbons (Fsp3) is 0.167. The van der Waals surface area contributed by atoms with Crippen LogP contribution in [0.4, 0.5) is 5.69 Å². The van der Waals surface area contributed by atoms with Crippen LogP contribution in [0, 0.1) is 0 Å². The van der Waals surface area contributed by atoms with Gasteiger partial charge in [-0.2, -0.15) is 8.42 Å². The lowest BCUT2D eigenvalue weighted by Gasteiger charge is -1.98. The SMILES string of the molecule is Nc1ccc2c3c(ccc2c1)C3COS(=O)(=O)O.O=[SH-]=O. The van der Waals surface area contributed by atoms with Gasteiger partial charge in [0.05, 0.1) is 6.61 Å². The third-order valence-corrected chi connectivity index (χ3v) is 3.58. The molecule has 114 valence electrons. The zero-order valence-corrected chi connectivity index (χ0v) is 12.3. The molecule has 0 aliphatic heterocycles. The van der Waals surface area contributed by atoms with E-state index in [-0.39, 0.29) is 12.5 Å². The van der Waals surface area contributed by atoms with Crippen molar-refractivity contribution in [1.82, 2.24) is 0 Å². The number of nitrogen functional groups attached to an aromatic ring is 1. The third-order valence-electron chi connectivity index (χ3n) is 3.14. The van der Waals surface area contributed by atoms with Crippen LogP contribution in [0.2, 0.25) is 0 Å². The second-order valence-corrected chi connectivity index (χ2v) is 5.63. The Morgan fingerprint density at radius 2 is 1.90 bits per heavy atom. The molecule has 0 saturated heterocycles. The molecule has 0 spiro atoms. The van der Waals surface area contributed by atoms with Gasteiger partial charge in [-0.25, -0.2) is 4.18 Å². The largest absolute Gasteiger partial charge is 0.427 e. The number of benzene rings is 2. The van der Waals surface area contributed by atoms with Crippen molar-refractivity contribution in [2.24, 2.45) is 0 Å². The van der Waals surface area contributed by atoms with Crippen LogP contribution in [0.15, 0.2) is 30.3 Å². The molecule has 2 aromatic carbocycles. The van der Waals surface area contributed by atoms with Crippen LogP contribution in [-0.2, 0) is 34.6 Å². The van der Waals surface area contributed by atoms with Gasteiger partial charge in [-0.3, -0.25) is 4.55 Å². The smallest absolute Gasteiger partial charge is 0.397 e. The van der Waals surface area contributed by atoms with Gasteiger partial charge in [-0.1, -0.05) is 29.8 Å². The van der Waals surface area contributed by atoms with Gasteiger partial charge in [-0.15, -0.1) is 0 Å². The highest BCUT2D eigenvalue weighted by atomic mass is 32.3. The second-order valence-electron chi connectivity index (χ2n) is 4.39. The molecule has 1 aliphatic carbocycles. The summed E-state index contributed by atoms with van der Waals surface area (Å²) < 4.78 is 50.7. The quantitative estimate of drug-likeness (QED) is 0.375. The molecule has 3 N–H and O–H groups in total. The summed E-state index contributed by atoms with van der Waals surface area (Å²) in [5.74, 6) is -0.0620. The zero-order chi connectivity index (χ0) is 15.6. The molecule has 0 aromatic heterocycles. The topological polar surface area (TPSA) is 124 Å². The minimum absolute atomic E-state index is 0.0579. The molecule has 2 aromatic rings. The maximum absolute atomic E-state index is 10.5. The summed E-state index contributed by atoms with van der Waals surface area (Å²) in [5.41, 5.74) is 8.51. The fourth-order valence-corrected chi connectivity index (χ4v) is 2.62. The highest BCUT2D eigenvalue weighted by Crippen LogP contribution is 2.48. The molecule has 7 nitrogen and oxygen atoms in total. The highest BCUT2D eigenvalue weighted by molar-refractivity contribution is 7.80. The number of rotatable bonds is 3. The van der Waals surface area contributed by atoms with Crippen molar-refractivity contribution in [3.05, 3.63) is 41.5 Å². The normalized spacial score (nSPS) is 16.0. The molecule has 0 fully saturated rings. The van der Waals surface area contributed by atoms with E-state index in [0.29, 0.717) is 5.69 Å². The molecule has 0 heterocycles. The molecule has 9 heteroatoms. The van der Waals surface area contributed by atoms with E-state index in [0.717, 1.165) is 21.9 Å². The Bertz CT molecular complexity index is 827. The van der Waals surface area contributed by atoms with Gasteiger partial charge in [0.1, 0.15) is 0 Å². The van der Waals surface area contributed by atoms with Gasteiger partial charge in [-0.05, 0) is 34.0 Å². The van der Waals surface area contributed by atoms with Crippen molar-refractivity contribution in [3.8, 4) is 0 Å². The standard InChI is InChI=1S/C12H11NO4S.HO2S/c13-8-2-4-9-7(5-8)1-3-10-11(12(9)10)6-17-18(14,15)16;1-3-2/h1-5,11H,6,13H2,(H,14,15,16);3H/q;-1. The maximum atomic E-state index is 10.5. The highest BCUT2D eigenvalue weighted by Gasteiger charge is 2.35. The molecule has 3 rings (SSSR count). The van der Waals surface area contributed by atoms with E-state index in [1.165, 1.54) is 0 Å². The molecule has 0 amide bonds. The first-order valence-electron chi connectivity index (χ1n) is 5.76. The number of hydrogen-bond donors (Lipinski definition) is 2. The van der Waals surface area contributed by atoms with Crippen LogP contribution < -0.4 is 5.73 Å². The Labute approximate surface area is 124 Å². The minimum Gasteiger partial charge on any atom is -0.427 e. The van der Waals surface area contributed by atoms with Gasteiger partial charge in [0, 0.05) is 11.6 Å². The molecule has 21 heavy (non-hydrogen) atoms. The van der Waals surface area contributed by atoms with E-state index < -0.39 is 22.0 Å². The van der Waals surface area contributed by atoms with Crippen molar-refractivity contribution in [3.63, 3.8) is 0 Å². The number of fused-ring (bicyclic) bond motifs is 3. The zero-order valence-electron chi connectivity index (χ0n) is 10.6. The van der Waals surface area contributed by atoms with E-state index in [9.17, 15) is 8.42 Å². The van der Waals surface area contributed by atoms with Gasteiger partial charge < -0.3 is 14.2 Å².